The molecule has 1 amide bonds. The van der Waals surface area contributed by atoms with E-state index in [0.29, 0.717) is 13.0 Å². The highest BCUT2D eigenvalue weighted by Gasteiger charge is 1.96. The average molecular weight is 243 g/mol. The molecule has 2 N–H and O–H groups in total. The van der Waals surface area contributed by atoms with E-state index < -0.39 is 0 Å². The van der Waals surface area contributed by atoms with Crippen LogP contribution in [0.25, 0.3) is 0 Å². The Hall–Kier alpha value is -0.900. The summed E-state index contributed by atoms with van der Waals surface area (Å²) in [5.41, 5.74) is 5.05. The number of carbonyl (C=O) groups excluding carboxylic acids is 2. The van der Waals surface area contributed by atoms with Gasteiger partial charge in [0.05, 0.1) is 0 Å². The molecule has 0 fully saturated rings. The summed E-state index contributed by atoms with van der Waals surface area (Å²) >= 11 is 0. The van der Waals surface area contributed by atoms with Crippen molar-refractivity contribution < 1.29 is 14.3 Å². The second-order valence-corrected chi connectivity index (χ2v) is 4.45. The first-order valence-electron chi connectivity index (χ1n) is 6.48. The van der Waals surface area contributed by atoms with E-state index in [1.807, 2.05) is 0 Å². The highest BCUT2D eigenvalue weighted by Crippen LogP contribution is 2.08. The van der Waals surface area contributed by atoms with Crippen LogP contribution in [0.2, 0.25) is 0 Å². The third-order valence-corrected chi connectivity index (χ3v) is 2.52. The van der Waals surface area contributed by atoms with Crippen LogP contribution in [0.3, 0.4) is 0 Å². The molecule has 0 rings (SSSR count). The van der Waals surface area contributed by atoms with Gasteiger partial charge in [-0.2, -0.15) is 0 Å². The molecule has 0 unspecified atom stereocenters. The van der Waals surface area contributed by atoms with Gasteiger partial charge in [0.2, 0.25) is 5.91 Å². The molecule has 0 aromatic rings. The van der Waals surface area contributed by atoms with Crippen LogP contribution >= 0.6 is 0 Å². The molecule has 0 aliphatic carbocycles. The van der Waals surface area contributed by atoms with Crippen LogP contribution in [-0.4, -0.2) is 24.9 Å². The minimum atomic E-state index is -0.201. The number of carbonyl (C=O) groups is 2. The SMILES string of the molecule is CC(=O)COCCCCCCCCCC(N)=O. The smallest absolute Gasteiger partial charge is 0.217 e. The third-order valence-electron chi connectivity index (χ3n) is 2.52. The first-order chi connectivity index (χ1) is 8.13. The summed E-state index contributed by atoms with van der Waals surface area (Å²) in [6.45, 7) is 2.46. The van der Waals surface area contributed by atoms with Gasteiger partial charge in [-0.25, -0.2) is 0 Å². The Bertz CT molecular complexity index is 195. The van der Waals surface area contributed by atoms with Crippen LogP contribution in [0.5, 0.6) is 0 Å². The van der Waals surface area contributed by atoms with Crippen molar-refractivity contribution in [1.29, 1.82) is 0 Å². The monoisotopic (exact) mass is 243 g/mol. The van der Waals surface area contributed by atoms with Gasteiger partial charge in [-0.1, -0.05) is 32.1 Å². The molecule has 4 nitrogen and oxygen atoms in total. The number of amides is 1. The predicted molar refractivity (Wildman–Crippen MR) is 67.6 cm³/mol. The fraction of sp³-hybridized carbons (Fsp3) is 0.846. The van der Waals surface area contributed by atoms with Crippen LogP contribution < -0.4 is 5.73 Å². The van der Waals surface area contributed by atoms with Gasteiger partial charge >= 0.3 is 0 Å². The standard InChI is InChI=1S/C13H25NO3/c1-12(15)11-17-10-8-6-4-2-3-5-7-9-13(14)16/h2-11H2,1H3,(H2,14,16). The molecule has 0 atom stereocenters. The maximum atomic E-state index is 10.6. The van der Waals surface area contributed by atoms with Crippen molar-refractivity contribution in [2.75, 3.05) is 13.2 Å². The normalized spacial score (nSPS) is 10.4. The quantitative estimate of drug-likeness (QED) is 0.534. The molecular formula is C13H25NO3. The van der Waals surface area contributed by atoms with Crippen molar-refractivity contribution >= 4 is 11.7 Å². The largest absolute Gasteiger partial charge is 0.374 e. The van der Waals surface area contributed by atoms with E-state index in [4.69, 9.17) is 10.5 Å². The Balaban J connectivity index is 2.98. The highest BCUT2D eigenvalue weighted by atomic mass is 16.5. The average Bonchev–Trinajstić information content (AvgIpc) is 2.25. The van der Waals surface area contributed by atoms with Gasteiger partial charge in [0, 0.05) is 13.0 Å². The van der Waals surface area contributed by atoms with E-state index in [2.05, 4.69) is 0 Å². The molecule has 0 saturated heterocycles. The number of rotatable bonds is 12. The van der Waals surface area contributed by atoms with Crippen molar-refractivity contribution in [3.63, 3.8) is 0 Å². The molecule has 0 radical (unpaired) electrons. The maximum absolute atomic E-state index is 10.6. The van der Waals surface area contributed by atoms with Crippen molar-refractivity contribution in [1.82, 2.24) is 0 Å². The molecule has 0 heterocycles. The molecule has 100 valence electrons. The zero-order valence-electron chi connectivity index (χ0n) is 10.9. The summed E-state index contributed by atoms with van der Waals surface area (Å²) in [4.78, 5) is 21.0. The van der Waals surface area contributed by atoms with E-state index in [1.54, 1.807) is 0 Å². The van der Waals surface area contributed by atoms with Crippen molar-refractivity contribution in [2.24, 2.45) is 5.73 Å². The van der Waals surface area contributed by atoms with Crippen LogP contribution in [0.4, 0.5) is 0 Å². The maximum Gasteiger partial charge on any atom is 0.217 e. The number of Topliss-reactive ketones (excluding diaryl/α,β-unsaturated/α-hetero) is 1. The summed E-state index contributed by atoms with van der Waals surface area (Å²) in [5.74, 6) is -0.118. The molecule has 4 heteroatoms. The van der Waals surface area contributed by atoms with E-state index in [-0.39, 0.29) is 18.3 Å². The van der Waals surface area contributed by atoms with Gasteiger partial charge in [0.25, 0.3) is 0 Å². The minimum Gasteiger partial charge on any atom is -0.374 e. The predicted octanol–water partition coefficient (Wildman–Crippen LogP) is 2.20. The van der Waals surface area contributed by atoms with Crippen molar-refractivity contribution in [2.45, 2.75) is 58.3 Å². The molecule has 0 aliphatic rings. The van der Waals surface area contributed by atoms with Gasteiger partial charge in [0.1, 0.15) is 6.61 Å². The third kappa shape index (κ3) is 15.1. The van der Waals surface area contributed by atoms with Crippen LogP contribution in [0.15, 0.2) is 0 Å². The van der Waals surface area contributed by atoms with Gasteiger partial charge in [-0.15, -0.1) is 0 Å². The number of hydrogen-bond donors (Lipinski definition) is 1. The van der Waals surface area contributed by atoms with Gasteiger partial charge in [-0.05, 0) is 19.8 Å². The van der Waals surface area contributed by atoms with E-state index in [1.165, 1.54) is 26.2 Å². The number of hydrogen-bond acceptors (Lipinski definition) is 3. The van der Waals surface area contributed by atoms with Gasteiger partial charge in [-0.3, -0.25) is 9.59 Å². The number of unbranched alkanes of at least 4 members (excludes halogenated alkanes) is 6. The molecule has 0 bridgehead atoms. The Labute approximate surface area is 104 Å². The first-order valence-corrected chi connectivity index (χ1v) is 6.48. The summed E-state index contributed by atoms with van der Waals surface area (Å²) in [6, 6.07) is 0. The van der Waals surface area contributed by atoms with Gasteiger partial charge in [0.15, 0.2) is 5.78 Å². The Morgan fingerprint density at radius 2 is 1.47 bits per heavy atom. The second kappa shape index (κ2) is 11.6. The zero-order valence-corrected chi connectivity index (χ0v) is 10.9. The van der Waals surface area contributed by atoms with E-state index >= 15 is 0 Å². The Morgan fingerprint density at radius 3 is 2.00 bits per heavy atom. The number of ether oxygens (including phenoxy) is 1. The number of nitrogens with two attached hydrogens (primary N) is 1. The fourth-order valence-corrected chi connectivity index (χ4v) is 1.60. The highest BCUT2D eigenvalue weighted by molar-refractivity contribution is 5.76. The summed E-state index contributed by atoms with van der Waals surface area (Å²) < 4.78 is 5.17. The topological polar surface area (TPSA) is 69.4 Å². The summed E-state index contributed by atoms with van der Waals surface area (Å²) in [7, 11) is 0. The number of ketones is 1. The van der Waals surface area contributed by atoms with Crippen molar-refractivity contribution in [3.8, 4) is 0 Å². The lowest BCUT2D eigenvalue weighted by molar-refractivity contribution is -0.121. The molecule has 0 spiro atoms. The molecule has 0 saturated carbocycles. The minimum absolute atomic E-state index is 0.0828. The molecular weight excluding hydrogens is 218 g/mol. The lowest BCUT2D eigenvalue weighted by Gasteiger charge is -2.02. The van der Waals surface area contributed by atoms with Crippen LogP contribution in [0, 0.1) is 0 Å². The fourth-order valence-electron chi connectivity index (χ4n) is 1.60. The first kappa shape index (κ1) is 16.1. The van der Waals surface area contributed by atoms with Crippen LogP contribution in [0.1, 0.15) is 58.3 Å². The molecule has 0 aliphatic heterocycles. The zero-order chi connectivity index (χ0) is 12.9. The summed E-state index contributed by atoms with van der Waals surface area (Å²) in [6.07, 6.45) is 8.25. The van der Waals surface area contributed by atoms with E-state index in [0.717, 1.165) is 25.7 Å². The second-order valence-electron chi connectivity index (χ2n) is 4.45. The summed E-state index contributed by atoms with van der Waals surface area (Å²) in [5, 5.41) is 0. The molecule has 17 heavy (non-hydrogen) atoms. The molecule has 0 aromatic carbocycles. The lowest BCUT2D eigenvalue weighted by Crippen LogP contribution is -2.09. The van der Waals surface area contributed by atoms with Crippen molar-refractivity contribution in [3.05, 3.63) is 0 Å². The molecule has 0 aromatic heterocycles. The Kier molecular flexibility index (Phi) is 11.0. The lowest BCUT2D eigenvalue weighted by atomic mass is 10.1. The number of primary amides is 1. The van der Waals surface area contributed by atoms with E-state index in [9.17, 15) is 9.59 Å². The van der Waals surface area contributed by atoms with Gasteiger partial charge < -0.3 is 10.5 Å². The van der Waals surface area contributed by atoms with Crippen LogP contribution in [-0.2, 0) is 14.3 Å². The Morgan fingerprint density at radius 1 is 0.941 bits per heavy atom.